The first kappa shape index (κ1) is 21.7. The smallest absolute Gasteiger partial charge is 0.191 e. The highest BCUT2D eigenvalue weighted by Gasteiger charge is 2.29. The summed E-state index contributed by atoms with van der Waals surface area (Å²) in [6, 6.07) is 9.13. The Morgan fingerprint density at radius 2 is 2.00 bits per heavy atom. The van der Waals surface area contributed by atoms with Gasteiger partial charge in [0.1, 0.15) is 0 Å². The summed E-state index contributed by atoms with van der Waals surface area (Å²) in [7, 11) is -0.674. The fourth-order valence-electron chi connectivity index (χ4n) is 4.11. The summed E-state index contributed by atoms with van der Waals surface area (Å²) in [6.07, 6.45) is 4.20. The Bertz CT molecular complexity index is 810. The fourth-order valence-corrected chi connectivity index (χ4v) is 5.97. The SMILES string of the molecule is CN1CC(CN=C(NCC2CCS(=O)(=O)C2)NC2CC2)Cc2ccccc21.I. The largest absolute Gasteiger partial charge is 0.374 e. The molecule has 6 nitrogen and oxygen atoms in total. The van der Waals surface area contributed by atoms with Gasteiger partial charge in [0.15, 0.2) is 15.8 Å². The van der Waals surface area contributed by atoms with Gasteiger partial charge in [-0.15, -0.1) is 24.0 Å². The van der Waals surface area contributed by atoms with Gasteiger partial charge in [-0.05, 0) is 43.2 Å². The molecule has 156 valence electrons. The van der Waals surface area contributed by atoms with Gasteiger partial charge in [-0.1, -0.05) is 18.2 Å². The molecule has 1 saturated heterocycles. The minimum absolute atomic E-state index is 0. The molecule has 3 aliphatic rings. The number of rotatable bonds is 5. The zero-order valence-corrected chi connectivity index (χ0v) is 19.6. The number of guanidine groups is 1. The van der Waals surface area contributed by atoms with E-state index in [0.29, 0.717) is 30.0 Å². The molecule has 1 aliphatic carbocycles. The van der Waals surface area contributed by atoms with Crippen LogP contribution >= 0.6 is 24.0 Å². The standard InChI is InChI=1S/C20H30N4O2S.HI/c1-24-13-16(10-17-4-2-3-5-19(17)24)12-22-20(23-18-6-7-18)21-11-15-8-9-27(25,26)14-15;/h2-5,15-16,18H,6-14H2,1H3,(H2,21,22,23);1H. The lowest BCUT2D eigenvalue weighted by atomic mass is 9.93. The number of halogens is 1. The van der Waals surface area contributed by atoms with Crippen molar-refractivity contribution in [2.24, 2.45) is 16.8 Å². The fraction of sp³-hybridized carbons (Fsp3) is 0.650. The molecule has 2 aliphatic heterocycles. The van der Waals surface area contributed by atoms with E-state index >= 15 is 0 Å². The number of nitrogens with one attached hydrogen (secondary N) is 2. The van der Waals surface area contributed by atoms with E-state index < -0.39 is 9.84 Å². The number of fused-ring (bicyclic) bond motifs is 1. The summed E-state index contributed by atoms with van der Waals surface area (Å²) in [5.74, 6) is 2.18. The summed E-state index contributed by atoms with van der Waals surface area (Å²) in [5.41, 5.74) is 2.72. The molecular formula is C20H31IN4O2S. The van der Waals surface area contributed by atoms with E-state index in [9.17, 15) is 8.42 Å². The van der Waals surface area contributed by atoms with Crippen LogP contribution in [0.1, 0.15) is 24.8 Å². The first-order chi connectivity index (χ1) is 13.0. The van der Waals surface area contributed by atoms with Crippen LogP contribution in [0.15, 0.2) is 29.3 Å². The van der Waals surface area contributed by atoms with Crippen molar-refractivity contribution in [2.45, 2.75) is 31.7 Å². The van der Waals surface area contributed by atoms with Crippen molar-refractivity contribution in [3.63, 3.8) is 0 Å². The lowest BCUT2D eigenvalue weighted by molar-refractivity contribution is 0.511. The van der Waals surface area contributed by atoms with Crippen LogP contribution in [-0.4, -0.2) is 58.6 Å². The van der Waals surface area contributed by atoms with E-state index in [2.05, 4.69) is 46.8 Å². The van der Waals surface area contributed by atoms with E-state index in [1.165, 1.54) is 24.1 Å². The van der Waals surface area contributed by atoms with Crippen molar-refractivity contribution in [3.8, 4) is 0 Å². The third kappa shape index (κ3) is 5.75. The Balaban J connectivity index is 0.00000225. The normalized spacial score (nSPS) is 26.3. The zero-order chi connectivity index (χ0) is 18.9. The maximum atomic E-state index is 11.7. The van der Waals surface area contributed by atoms with Gasteiger partial charge in [-0.25, -0.2) is 8.42 Å². The first-order valence-corrected chi connectivity index (χ1v) is 11.8. The summed E-state index contributed by atoms with van der Waals surface area (Å²) < 4.78 is 23.3. The van der Waals surface area contributed by atoms with Gasteiger partial charge in [-0.2, -0.15) is 0 Å². The predicted molar refractivity (Wildman–Crippen MR) is 126 cm³/mol. The van der Waals surface area contributed by atoms with Crippen molar-refractivity contribution in [1.82, 2.24) is 10.6 Å². The lowest BCUT2D eigenvalue weighted by Crippen LogP contribution is -2.42. The maximum Gasteiger partial charge on any atom is 0.191 e. The highest BCUT2D eigenvalue weighted by Crippen LogP contribution is 2.28. The van der Waals surface area contributed by atoms with E-state index in [1.54, 1.807) is 0 Å². The Kier molecular flexibility index (Phi) is 7.12. The van der Waals surface area contributed by atoms with E-state index in [-0.39, 0.29) is 29.9 Å². The molecule has 2 fully saturated rings. The van der Waals surface area contributed by atoms with Gasteiger partial charge >= 0.3 is 0 Å². The number of hydrogen-bond donors (Lipinski definition) is 2. The molecule has 0 amide bonds. The summed E-state index contributed by atoms with van der Waals surface area (Å²) in [5, 5.41) is 6.88. The third-order valence-corrected chi connectivity index (χ3v) is 7.59. The van der Waals surface area contributed by atoms with Gasteiger partial charge in [0.05, 0.1) is 11.5 Å². The molecule has 1 aromatic rings. The van der Waals surface area contributed by atoms with Crippen molar-refractivity contribution in [2.75, 3.05) is 43.1 Å². The van der Waals surface area contributed by atoms with Crippen LogP contribution in [0.2, 0.25) is 0 Å². The van der Waals surface area contributed by atoms with Crippen LogP contribution in [0.25, 0.3) is 0 Å². The van der Waals surface area contributed by atoms with Crippen molar-refractivity contribution >= 4 is 45.5 Å². The summed E-state index contributed by atoms with van der Waals surface area (Å²) >= 11 is 0. The van der Waals surface area contributed by atoms with Gasteiger partial charge < -0.3 is 15.5 Å². The molecule has 28 heavy (non-hydrogen) atoms. The molecule has 8 heteroatoms. The molecule has 0 spiro atoms. The molecule has 2 heterocycles. The molecule has 1 saturated carbocycles. The second-order valence-corrected chi connectivity index (χ2v) is 10.6. The van der Waals surface area contributed by atoms with Gasteiger partial charge in [0, 0.05) is 44.3 Å². The van der Waals surface area contributed by atoms with Crippen LogP contribution in [0, 0.1) is 11.8 Å². The predicted octanol–water partition coefficient (Wildman–Crippen LogP) is 2.05. The lowest BCUT2D eigenvalue weighted by Gasteiger charge is -2.32. The average molecular weight is 518 g/mol. The molecule has 2 unspecified atom stereocenters. The number of benzene rings is 1. The maximum absolute atomic E-state index is 11.7. The highest BCUT2D eigenvalue weighted by atomic mass is 127. The Morgan fingerprint density at radius 3 is 2.71 bits per heavy atom. The van der Waals surface area contributed by atoms with Crippen molar-refractivity contribution in [1.29, 1.82) is 0 Å². The van der Waals surface area contributed by atoms with Crippen molar-refractivity contribution in [3.05, 3.63) is 29.8 Å². The first-order valence-electron chi connectivity index (χ1n) is 10.0. The summed E-state index contributed by atoms with van der Waals surface area (Å²) in [4.78, 5) is 7.17. The Morgan fingerprint density at radius 1 is 1.21 bits per heavy atom. The van der Waals surface area contributed by atoms with Crippen molar-refractivity contribution < 1.29 is 8.42 Å². The minimum atomic E-state index is -2.82. The number of para-hydroxylation sites is 1. The third-order valence-electron chi connectivity index (χ3n) is 5.75. The summed E-state index contributed by atoms with van der Waals surface area (Å²) in [6.45, 7) is 2.48. The van der Waals surface area contributed by atoms with Crippen LogP contribution in [-0.2, 0) is 16.3 Å². The number of sulfone groups is 1. The topological polar surface area (TPSA) is 73.8 Å². The Labute approximate surface area is 185 Å². The molecular weight excluding hydrogens is 487 g/mol. The molecule has 4 rings (SSSR count). The molecule has 2 N–H and O–H groups in total. The zero-order valence-electron chi connectivity index (χ0n) is 16.4. The molecule has 1 aromatic carbocycles. The molecule has 0 bridgehead atoms. The van der Waals surface area contributed by atoms with Crippen LogP contribution in [0.5, 0.6) is 0 Å². The second kappa shape index (κ2) is 9.19. The minimum Gasteiger partial charge on any atom is -0.374 e. The Hall–Kier alpha value is -1.03. The average Bonchev–Trinajstić information content (AvgIpc) is 3.39. The van der Waals surface area contributed by atoms with Crippen LogP contribution in [0.3, 0.4) is 0 Å². The second-order valence-electron chi connectivity index (χ2n) is 8.34. The number of nitrogens with zero attached hydrogens (tertiary/aromatic N) is 2. The van der Waals surface area contributed by atoms with E-state index in [4.69, 9.17) is 4.99 Å². The molecule has 0 radical (unpaired) electrons. The number of anilines is 1. The molecule has 0 aromatic heterocycles. The molecule has 2 atom stereocenters. The quantitative estimate of drug-likeness (QED) is 0.355. The van der Waals surface area contributed by atoms with Crippen LogP contribution < -0.4 is 15.5 Å². The highest BCUT2D eigenvalue weighted by molar-refractivity contribution is 14.0. The van der Waals surface area contributed by atoms with Gasteiger partial charge in [0.2, 0.25) is 0 Å². The monoisotopic (exact) mass is 518 g/mol. The number of hydrogen-bond acceptors (Lipinski definition) is 4. The van der Waals surface area contributed by atoms with Gasteiger partial charge in [0.25, 0.3) is 0 Å². The van der Waals surface area contributed by atoms with E-state index in [0.717, 1.165) is 31.9 Å². The van der Waals surface area contributed by atoms with Gasteiger partial charge in [-0.3, -0.25) is 4.99 Å². The van der Waals surface area contributed by atoms with Crippen LogP contribution in [0.4, 0.5) is 5.69 Å². The van der Waals surface area contributed by atoms with E-state index in [1.807, 2.05) is 0 Å². The number of aliphatic imine (C=N–C) groups is 1.